The van der Waals surface area contributed by atoms with Gasteiger partial charge in [0.25, 0.3) is 5.56 Å². The van der Waals surface area contributed by atoms with Crippen LogP contribution in [0.15, 0.2) is 46.1 Å². The molecule has 1 amide bonds. The normalized spacial score (nSPS) is 22.5. The molecule has 0 radical (unpaired) electrons. The Bertz CT molecular complexity index is 966. The Labute approximate surface area is 163 Å². The molecular formula is C20H26N4O4. The van der Waals surface area contributed by atoms with Crippen LogP contribution in [0.3, 0.4) is 0 Å². The predicted octanol–water partition coefficient (Wildman–Crippen LogP) is -0.105. The molecule has 0 aliphatic carbocycles. The van der Waals surface area contributed by atoms with Crippen molar-refractivity contribution in [2.24, 2.45) is 0 Å². The molecule has 1 saturated heterocycles. The highest BCUT2D eigenvalue weighted by atomic mass is 16.3. The molecule has 28 heavy (non-hydrogen) atoms. The number of hydrogen-bond acceptors (Lipinski definition) is 5. The molecule has 1 aliphatic heterocycles. The van der Waals surface area contributed by atoms with E-state index in [1.54, 1.807) is 11.8 Å². The summed E-state index contributed by atoms with van der Waals surface area (Å²) in [5.74, 6) is -0.226. The number of nitrogens with one attached hydrogen (secondary N) is 1. The lowest BCUT2D eigenvalue weighted by Crippen LogP contribution is -2.60. The molecule has 1 aliphatic rings. The molecule has 1 aromatic carbocycles. The highest BCUT2D eigenvalue weighted by Crippen LogP contribution is 2.35. The minimum absolute atomic E-state index is 0.152. The Kier molecular flexibility index (Phi) is 5.53. The third kappa shape index (κ3) is 3.79. The molecule has 1 aromatic heterocycles. The second-order valence-electron chi connectivity index (χ2n) is 7.56. The molecule has 0 saturated carbocycles. The van der Waals surface area contributed by atoms with Gasteiger partial charge in [0, 0.05) is 24.8 Å². The van der Waals surface area contributed by atoms with Gasteiger partial charge < -0.3 is 14.9 Å². The van der Waals surface area contributed by atoms with Gasteiger partial charge in [0.2, 0.25) is 5.91 Å². The van der Waals surface area contributed by atoms with Gasteiger partial charge in [-0.2, -0.15) is 0 Å². The van der Waals surface area contributed by atoms with Gasteiger partial charge >= 0.3 is 5.69 Å². The zero-order valence-electron chi connectivity index (χ0n) is 16.4. The van der Waals surface area contributed by atoms with Crippen LogP contribution >= 0.6 is 0 Å². The molecule has 150 valence electrons. The number of rotatable bonds is 4. The first-order valence-electron chi connectivity index (χ1n) is 9.25. The topological polar surface area (TPSA) is 98.6 Å². The number of benzene rings is 1. The maximum absolute atomic E-state index is 12.8. The molecule has 0 unspecified atom stereocenters. The molecule has 8 nitrogen and oxygen atoms in total. The smallest absolute Gasteiger partial charge is 0.328 e. The number of aryl methyl sites for hydroxylation is 1. The van der Waals surface area contributed by atoms with Gasteiger partial charge in [0.1, 0.15) is 12.1 Å². The lowest BCUT2D eigenvalue weighted by Gasteiger charge is -2.47. The van der Waals surface area contributed by atoms with E-state index < -0.39 is 16.9 Å². The fourth-order valence-corrected chi connectivity index (χ4v) is 3.79. The summed E-state index contributed by atoms with van der Waals surface area (Å²) >= 11 is 0. The first-order valence-corrected chi connectivity index (χ1v) is 9.25. The minimum atomic E-state index is -1.06. The number of likely N-dealkylation sites (tertiary alicyclic amines) is 1. The van der Waals surface area contributed by atoms with Crippen LogP contribution < -0.4 is 11.2 Å². The number of aromatic nitrogens is 2. The van der Waals surface area contributed by atoms with Crippen LogP contribution in [0.1, 0.15) is 17.5 Å². The van der Waals surface area contributed by atoms with Crippen molar-refractivity contribution in [3.63, 3.8) is 0 Å². The van der Waals surface area contributed by atoms with Crippen LogP contribution in [0, 0.1) is 6.92 Å². The standard InChI is InChI=1S/C20H26N4O4/c1-14-11-24(19(27)21-18(14)26)13-17(25)23-10-9-20(28,16(12-23)22(2)3)15-7-5-4-6-8-15/h4-8,11,16,28H,9-10,12-13H2,1-3H3,(H,21,26,27)/t16-,20+/m1/s1. The van der Waals surface area contributed by atoms with Crippen LogP contribution in [-0.4, -0.2) is 63.6 Å². The predicted molar refractivity (Wildman–Crippen MR) is 105 cm³/mol. The Hall–Kier alpha value is -2.71. The Morgan fingerprint density at radius 3 is 2.61 bits per heavy atom. The summed E-state index contributed by atoms with van der Waals surface area (Å²) < 4.78 is 1.21. The van der Waals surface area contributed by atoms with Crippen LogP contribution in [-0.2, 0) is 16.9 Å². The van der Waals surface area contributed by atoms with Crippen molar-refractivity contribution in [3.8, 4) is 0 Å². The third-order valence-corrected chi connectivity index (χ3v) is 5.45. The lowest BCUT2D eigenvalue weighted by molar-refractivity contribution is -0.142. The molecule has 0 spiro atoms. The average Bonchev–Trinajstić information content (AvgIpc) is 2.66. The molecule has 0 bridgehead atoms. The number of piperidine rings is 1. The summed E-state index contributed by atoms with van der Waals surface area (Å²) in [7, 11) is 3.75. The molecule has 8 heteroatoms. The summed E-state index contributed by atoms with van der Waals surface area (Å²) in [4.78, 5) is 42.1. The third-order valence-electron chi connectivity index (χ3n) is 5.45. The summed E-state index contributed by atoms with van der Waals surface area (Å²) in [5.41, 5.74) is -0.922. The maximum Gasteiger partial charge on any atom is 0.328 e. The second kappa shape index (κ2) is 7.73. The maximum atomic E-state index is 12.8. The summed E-state index contributed by atoms with van der Waals surface area (Å²) in [6, 6.07) is 9.19. The van der Waals surface area contributed by atoms with Gasteiger partial charge in [-0.25, -0.2) is 4.79 Å². The Morgan fingerprint density at radius 2 is 1.96 bits per heavy atom. The van der Waals surface area contributed by atoms with E-state index >= 15 is 0 Å². The number of hydrogen-bond donors (Lipinski definition) is 2. The van der Waals surface area contributed by atoms with Gasteiger partial charge in [0.05, 0.1) is 6.04 Å². The fourth-order valence-electron chi connectivity index (χ4n) is 3.79. The molecule has 3 rings (SSSR count). The zero-order valence-corrected chi connectivity index (χ0v) is 16.4. The second-order valence-corrected chi connectivity index (χ2v) is 7.56. The van der Waals surface area contributed by atoms with E-state index in [9.17, 15) is 19.5 Å². The monoisotopic (exact) mass is 386 g/mol. The van der Waals surface area contributed by atoms with E-state index in [1.807, 2.05) is 49.3 Å². The highest BCUT2D eigenvalue weighted by molar-refractivity contribution is 5.76. The van der Waals surface area contributed by atoms with Crippen molar-refractivity contribution < 1.29 is 9.90 Å². The van der Waals surface area contributed by atoms with Crippen LogP contribution in [0.5, 0.6) is 0 Å². The number of carbonyl (C=O) groups is 1. The SMILES string of the molecule is Cc1cn(CC(=O)N2CC[C@](O)(c3ccccc3)[C@H](N(C)C)C2)c(=O)[nH]c1=O. The lowest BCUT2D eigenvalue weighted by atomic mass is 9.80. The quantitative estimate of drug-likeness (QED) is 0.764. The van der Waals surface area contributed by atoms with E-state index in [1.165, 1.54) is 10.8 Å². The zero-order chi connectivity index (χ0) is 20.5. The van der Waals surface area contributed by atoms with E-state index in [0.717, 1.165) is 5.56 Å². The molecule has 2 atom stereocenters. The molecule has 2 heterocycles. The molecule has 2 aromatic rings. The van der Waals surface area contributed by atoms with Crippen molar-refractivity contribution in [3.05, 3.63) is 68.5 Å². The van der Waals surface area contributed by atoms with Gasteiger partial charge in [-0.1, -0.05) is 30.3 Å². The Balaban J connectivity index is 1.81. The fraction of sp³-hybridized carbons (Fsp3) is 0.450. The van der Waals surface area contributed by atoms with Gasteiger partial charge in [-0.05, 0) is 33.0 Å². The summed E-state index contributed by atoms with van der Waals surface area (Å²) in [5, 5.41) is 11.4. The number of likely N-dealkylation sites (N-methyl/N-ethyl adjacent to an activating group) is 1. The number of aromatic amines is 1. The summed E-state index contributed by atoms with van der Waals surface area (Å²) in [6.45, 7) is 2.16. The van der Waals surface area contributed by atoms with Gasteiger partial charge in [0.15, 0.2) is 0 Å². The first-order chi connectivity index (χ1) is 13.2. The largest absolute Gasteiger partial charge is 0.383 e. The van der Waals surface area contributed by atoms with Gasteiger partial charge in [-0.15, -0.1) is 0 Å². The molecule has 1 fully saturated rings. The van der Waals surface area contributed by atoms with Gasteiger partial charge in [-0.3, -0.25) is 19.1 Å². The summed E-state index contributed by atoms with van der Waals surface area (Å²) in [6.07, 6.45) is 1.79. The first kappa shape index (κ1) is 20.0. The van der Waals surface area contributed by atoms with Crippen LogP contribution in [0.2, 0.25) is 0 Å². The number of amides is 1. The minimum Gasteiger partial charge on any atom is -0.383 e. The number of aliphatic hydroxyl groups is 1. The Morgan fingerprint density at radius 1 is 1.29 bits per heavy atom. The van der Waals surface area contributed by atoms with Crippen molar-refractivity contribution in [1.29, 1.82) is 0 Å². The molecular weight excluding hydrogens is 360 g/mol. The highest BCUT2D eigenvalue weighted by Gasteiger charge is 2.45. The van der Waals surface area contributed by atoms with E-state index in [2.05, 4.69) is 4.98 Å². The van der Waals surface area contributed by atoms with Crippen molar-refractivity contribution >= 4 is 5.91 Å². The van der Waals surface area contributed by atoms with E-state index in [4.69, 9.17) is 0 Å². The van der Waals surface area contributed by atoms with Crippen LogP contribution in [0.4, 0.5) is 0 Å². The number of carbonyl (C=O) groups excluding carboxylic acids is 1. The average molecular weight is 386 g/mol. The molecule has 2 N–H and O–H groups in total. The van der Waals surface area contributed by atoms with Crippen molar-refractivity contribution in [1.82, 2.24) is 19.4 Å². The van der Waals surface area contributed by atoms with E-state index in [0.29, 0.717) is 25.1 Å². The van der Waals surface area contributed by atoms with Crippen LogP contribution in [0.25, 0.3) is 0 Å². The van der Waals surface area contributed by atoms with E-state index in [-0.39, 0.29) is 18.5 Å². The number of nitrogens with zero attached hydrogens (tertiary/aromatic N) is 3. The number of H-pyrrole nitrogens is 1. The van der Waals surface area contributed by atoms with Crippen molar-refractivity contribution in [2.45, 2.75) is 31.5 Å². The van der Waals surface area contributed by atoms with Crippen molar-refractivity contribution in [2.75, 3.05) is 27.2 Å².